The number of piperidine rings is 1. The summed E-state index contributed by atoms with van der Waals surface area (Å²) in [5.41, 5.74) is -2.20. The van der Waals surface area contributed by atoms with E-state index in [2.05, 4.69) is 0 Å². The Morgan fingerprint density at radius 3 is 1.67 bits per heavy atom. The van der Waals surface area contributed by atoms with Gasteiger partial charge in [-0.05, 0) is 12.1 Å². The number of esters is 3. The van der Waals surface area contributed by atoms with Crippen LogP contribution in [-0.4, -0.2) is 48.0 Å². The summed E-state index contributed by atoms with van der Waals surface area (Å²) in [6, 6.07) is 3.67. The number of imide groups is 1. The Balaban J connectivity index is 2.67. The van der Waals surface area contributed by atoms with Gasteiger partial charge in [-0.1, -0.05) is 12.1 Å². The fourth-order valence-electron chi connectivity index (χ4n) is 2.86. The van der Waals surface area contributed by atoms with Gasteiger partial charge in [-0.3, -0.25) is 24.0 Å². The molecule has 1 heterocycles. The number of hydrogen-bond donors (Lipinski definition) is 0. The van der Waals surface area contributed by atoms with Gasteiger partial charge in [0.25, 0.3) is 11.8 Å². The van der Waals surface area contributed by atoms with E-state index in [0.29, 0.717) is 6.07 Å². The summed E-state index contributed by atoms with van der Waals surface area (Å²) in [4.78, 5) is 60.3. The molecule has 30 heavy (non-hydrogen) atoms. The maximum Gasteiger partial charge on any atom is 0.418 e. The molecule has 1 aliphatic heterocycles. The number of carbonyl (C=O) groups is 5. The highest BCUT2D eigenvalue weighted by Crippen LogP contribution is 2.38. The van der Waals surface area contributed by atoms with E-state index in [0.717, 1.165) is 39.0 Å². The van der Waals surface area contributed by atoms with Gasteiger partial charge in [0, 0.05) is 20.8 Å². The molecule has 2 rings (SSSR count). The molecule has 0 unspecified atom stereocenters. The van der Waals surface area contributed by atoms with Crippen molar-refractivity contribution in [3.8, 4) is 0 Å². The Kier molecular flexibility index (Phi) is 6.48. The van der Waals surface area contributed by atoms with Crippen LogP contribution in [0.25, 0.3) is 0 Å². The van der Waals surface area contributed by atoms with Gasteiger partial charge in [-0.25, -0.2) is 4.90 Å². The van der Waals surface area contributed by atoms with Crippen LogP contribution in [0.2, 0.25) is 0 Å². The lowest BCUT2D eigenvalue weighted by Gasteiger charge is -2.39. The Hall–Kier alpha value is -3.44. The molecule has 0 radical (unpaired) electrons. The molecule has 162 valence electrons. The fraction of sp³-hybridized carbons (Fsp3) is 0.389. The van der Waals surface area contributed by atoms with Gasteiger partial charge in [0.1, 0.15) is 0 Å². The number of amides is 2. The lowest BCUT2D eigenvalue weighted by atomic mass is 9.97. The Morgan fingerprint density at radius 1 is 0.833 bits per heavy atom. The molecule has 2 amide bonds. The number of hydrogen-bond acceptors (Lipinski definition) is 8. The summed E-state index contributed by atoms with van der Waals surface area (Å²) in [5.74, 6) is -5.92. The van der Waals surface area contributed by atoms with Crippen molar-refractivity contribution in [3.63, 3.8) is 0 Å². The van der Waals surface area contributed by atoms with Gasteiger partial charge in [0.15, 0.2) is 6.10 Å². The zero-order chi connectivity index (χ0) is 22.8. The van der Waals surface area contributed by atoms with Crippen LogP contribution >= 0.6 is 0 Å². The van der Waals surface area contributed by atoms with E-state index in [-0.39, 0.29) is 4.90 Å². The third-order valence-electron chi connectivity index (χ3n) is 3.86. The predicted molar refractivity (Wildman–Crippen MR) is 90.6 cm³/mol. The minimum absolute atomic E-state index is 0.101. The highest BCUT2D eigenvalue weighted by atomic mass is 19.4. The minimum atomic E-state index is -4.95. The van der Waals surface area contributed by atoms with Gasteiger partial charge in [-0.15, -0.1) is 0 Å². The standard InChI is InChI=1S/C18H16F3NO8/c1-8(23)28-13-14(29-9(2)24)16(26)22(17(27)15(13)30-10(3)25)12-7-5-4-6-11(12)18(19,20)21/h4-7,13-15H,1-3H3/t14-,15-/m1/s1. The van der Waals surface area contributed by atoms with E-state index < -0.39 is 65.5 Å². The van der Waals surface area contributed by atoms with E-state index in [1.165, 1.54) is 0 Å². The van der Waals surface area contributed by atoms with Crippen LogP contribution in [-0.2, 0) is 44.4 Å². The minimum Gasteiger partial charge on any atom is -0.453 e. The molecular weight excluding hydrogens is 415 g/mol. The van der Waals surface area contributed by atoms with Crippen LogP contribution in [0.4, 0.5) is 18.9 Å². The Morgan fingerprint density at radius 2 is 1.27 bits per heavy atom. The molecule has 0 spiro atoms. The van der Waals surface area contributed by atoms with E-state index in [9.17, 15) is 37.1 Å². The number of benzene rings is 1. The van der Waals surface area contributed by atoms with Crippen molar-refractivity contribution >= 4 is 35.4 Å². The van der Waals surface area contributed by atoms with E-state index in [1.807, 2.05) is 0 Å². The quantitative estimate of drug-likeness (QED) is 0.399. The smallest absolute Gasteiger partial charge is 0.418 e. The van der Waals surface area contributed by atoms with E-state index in [4.69, 9.17) is 14.2 Å². The van der Waals surface area contributed by atoms with Crippen molar-refractivity contribution in [2.45, 2.75) is 45.3 Å². The van der Waals surface area contributed by atoms with Crippen LogP contribution < -0.4 is 4.90 Å². The lowest BCUT2D eigenvalue weighted by molar-refractivity contribution is -0.191. The van der Waals surface area contributed by atoms with Crippen molar-refractivity contribution in [3.05, 3.63) is 29.8 Å². The highest BCUT2D eigenvalue weighted by Gasteiger charge is 2.55. The van der Waals surface area contributed by atoms with Gasteiger partial charge in [0.05, 0.1) is 11.3 Å². The Labute approximate surface area is 167 Å². The molecule has 0 saturated carbocycles. The van der Waals surface area contributed by atoms with Crippen LogP contribution in [0.3, 0.4) is 0 Å². The van der Waals surface area contributed by atoms with Crippen LogP contribution in [0.1, 0.15) is 26.3 Å². The number of ether oxygens (including phenoxy) is 3. The first-order valence-electron chi connectivity index (χ1n) is 8.40. The molecule has 1 fully saturated rings. The fourth-order valence-corrected chi connectivity index (χ4v) is 2.86. The first-order valence-corrected chi connectivity index (χ1v) is 8.40. The molecule has 1 saturated heterocycles. The average Bonchev–Trinajstić information content (AvgIpc) is 2.60. The predicted octanol–water partition coefficient (Wildman–Crippen LogP) is 1.37. The number of anilines is 1. The molecular formula is C18H16F3NO8. The van der Waals surface area contributed by atoms with E-state index in [1.54, 1.807) is 0 Å². The molecule has 1 aromatic carbocycles. The van der Waals surface area contributed by atoms with Gasteiger partial charge >= 0.3 is 24.1 Å². The first-order chi connectivity index (χ1) is 13.8. The SMILES string of the molecule is CC(=O)OC1[C@@H](OC(C)=O)C(=O)N(c2ccccc2C(F)(F)F)C(=O)[C@@H]1OC(C)=O. The first kappa shape index (κ1) is 22.8. The van der Waals surface area contributed by atoms with Crippen molar-refractivity contribution in [1.82, 2.24) is 0 Å². The number of para-hydroxylation sites is 1. The third kappa shape index (κ3) is 4.75. The zero-order valence-electron chi connectivity index (χ0n) is 15.9. The Bertz CT molecular complexity index is 862. The molecule has 9 nitrogen and oxygen atoms in total. The molecule has 0 aromatic heterocycles. The second kappa shape index (κ2) is 8.51. The summed E-state index contributed by atoms with van der Waals surface area (Å²) < 4.78 is 54.8. The monoisotopic (exact) mass is 431 g/mol. The van der Waals surface area contributed by atoms with Gasteiger partial charge in [-0.2, -0.15) is 13.2 Å². The number of nitrogens with zero attached hydrogens (tertiary/aromatic N) is 1. The highest BCUT2D eigenvalue weighted by molar-refractivity contribution is 6.21. The normalized spacial score (nSPS) is 20.0. The van der Waals surface area contributed by atoms with Crippen molar-refractivity contribution in [2.24, 2.45) is 0 Å². The molecule has 1 aromatic rings. The number of alkyl halides is 3. The summed E-state index contributed by atoms with van der Waals surface area (Å²) in [6.45, 7) is 2.70. The van der Waals surface area contributed by atoms with Crippen LogP contribution in [0, 0.1) is 0 Å². The van der Waals surface area contributed by atoms with E-state index >= 15 is 0 Å². The molecule has 12 heteroatoms. The maximum atomic E-state index is 13.4. The summed E-state index contributed by atoms with van der Waals surface area (Å²) in [6.07, 6.45) is -10.9. The number of carbonyl (C=O) groups excluding carboxylic acids is 5. The van der Waals surface area contributed by atoms with Gasteiger partial charge in [0.2, 0.25) is 12.2 Å². The molecule has 1 aliphatic rings. The molecule has 2 atom stereocenters. The lowest BCUT2D eigenvalue weighted by Crippen LogP contribution is -2.65. The van der Waals surface area contributed by atoms with Crippen LogP contribution in [0.5, 0.6) is 0 Å². The van der Waals surface area contributed by atoms with Crippen LogP contribution in [0.15, 0.2) is 24.3 Å². The summed E-state index contributed by atoms with van der Waals surface area (Å²) in [5, 5.41) is 0. The third-order valence-corrected chi connectivity index (χ3v) is 3.86. The second-order valence-electron chi connectivity index (χ2n) is 6.16. The van der Waals surface area contributed by atoms with Gasteiger partial charge < -0.3 is 14.2 Å². The van der Waals surface area contributed by atoms with Crippen molar-refractivity contribution < 1.29 is 51.4 Å². The zero-order valence-corrected chi connectivity index (χ0v) is 15.9. The molecule has 0 aliphatic carbocycles. The topological polar surface area (TPSA) is 116 Å². The second-order valence-corrected chi connectivity index (χ2v) is 6.16. The average molecular weight is 431 g/mol. The summed E-state index contributed by atoms with van der Waals surface area (Å²) >= 11 is 0. The largest absolute Gasteiger partial charge is 0.453 e. The molecule has 0 bridgehead atoms. The number of halogens is 3. The van der Waals surface area contributed by atoms with Crippen molar-refractivity contribution in [2.75, 3.05) is 4.90 Å². The maximum absolute atomic E-state index is 13.4. The molecule has 0 N–H and O–H groups in total. The summed E-state index contributed by atoms with van der Waals surface area (Å²) in [7, 11) is 0. The number of rotatable bonds is 4. The van der Waals surface area contributed by atoms with Crippen molar-refractivity contribution in [1.29, 1.82) is 0 Å².